The lowest BCUT2D eigenvalue weighted by molar-refractivity contribution is 0.0701. The van der Waals surface area contributed by atoms with Gasteiger partial charge in [-0.3, -0.25) is 0 Å². The largest absolute Gasteiger partial charge is 0.477 e. The van der Waals surface area contributed by atoms with E-state index in [9.17, 15) is 9.59 Å². The highest BCUT2D eigenvalue weighted by molar-refractivity contribution is 7.13. The summed E-state index contributed by atoms with van der Waals surface area (Å²) < 4.78 is 5.24. The predicted molar refractivity (Wildman–Crippen MR) is 79.7 cm³/mol. The van der Waals surface area contributed by atoms with Crippen molar-refractivity contribution < 1.29 is 19.4 Å². The van der Waals surface area contributed by atoms with Crippen LogP contribution in [-0.4, -0.2) is 41.8 Å². The van der Waals surface area contributed by atoms with Crippen molar-refractivity contribution in [2.75, 3.05) is 19.8 Å². The van der Waals surface area contributed by atoms with E-state index in [1.807, 2.05) is 6.92 Å². The first-order chi connectivity index (χ1) is 9.90. The van der Waals surface area contributed by atoms with Crippen molar-refractivity contribution >= 4 is 23.3 Å². The third-order valence-corrected chi connectivity index (χ3v) is 3.46. The van der Waals surface area contributed by atoms with Gasteiger partial charge in [0, 0.05) is 6.54 Å². The Bertz CT molecular complexity index is 527. The Kier molecular flexibility index (Phi) is 6.83. The monoisotopic (exact) mass is 313 g/mol. The normalized spacial score (nSPS) is 10.2. The summed E-state index contributed by atoms with van der Waals surface area (Å²) in [5.41, 5.74) is 1.38. The van der Waals surface area contributed by atoms with Gasteiger partial charge in [0.2, 0.25) is 0 Å². The van der Waals surface area contributed by atoms with Crippen molar-refractivity contribution in [2.24, 2.45) is 0 Å². The highest BCUT2D eigenvalue weighted by Gasteiger charge is 2.14. The van der Waals surface area contributed by atoms with Crippen LogP contribution in [0.4, 0.5) is 4.79 Å². The van der Waals surface area contributed by atoms with Crippen LogP contribution in [0.15, 0.2) is 12.2 Å². The molecule has 116 valence electrons. The number of aromatic carboxylic acids is 1. The number of hydrogen-bond acceptors (Lipinski definition) is 5. The summed E-state index contributed by atoms with van der Waals surface area (Å²) >= 11 is 1.06. The molecule has 0 aromatic carbocycles. The Labute approximate surface area is 127 Å². The smallest absolute Gasteiger partial charge is 0.347 e. The number of thiazole rings is 1. The van der Waals surface area contributed by atoms with Crippen LogP contribution in [0.1, 0.15) is 27.3 Å². The molecule has 21 heavy (non-hydrogen) atoms. The molecule has 1 rings (SSSR count). The summed E-state index contributed by atoms with van der Waals surface area (Å²) in [5.74, 6) is -1.00. The number of hydrogen-bond donors (Lipinski definition) is 3. The minimum atomic E-state index is -1.00. The third kappa shape index (κ3) is 6.37. The zero-order chi connectivity index (χ0) is 15.8. The van der Waals surface area contributed by atoms with Crippen LogP contribution in [0, 0.1) is 6.92 Å². The molecule has 0 spiro atoms. The fraction of sp³-hybridized carbons (Fsp3) is 0.462. The molecule has 8 heteroatoms. The van der Waals surface area contributed by atoms with Gasteiger partial charge < -0.3 is 20.5 Å². The van der Waals surface area contributed by atoms with Gasteiger partial charge in [-0.05, 0) is 13.8 Å². The number of carbonyl (C=O) groups is 2. The van der Waals surface area contributed by atoms with Gasteiger partial charge in [0.05, 0.1) is 25.5 Å². The maximum Gasteiger partial charge on any atom is 0.347 e. The number of ether oxygens (including phenoxy) is 1. The van der Waals surface area contributed by atoms with E-state index in [1.165, 1.54) is 0 Å². The van der Waals surface area contributed by atoms with Crippen LogP contribution >= 0.6 is 11.3 Å². The number of aryl methyl sites for hydroxylation is 1. The van der Waals surface area contributed by atoms with E-state index >= 15 is 0 Å². The summed E-state index contributed by atoms with van der Waals surface area (Å²) in [7, 11) is 0. The maximum atomic E-state index is 11.5. The van der Waals surface area contributed by atoms with Crippen molar-refractivity contribution in [3.63, 3.8) is 0 Å². The summed E-state index contributed by atoms with van der Waals surface area (Å²) in [6.07, 6.45) is 0. The SMILES string of the molecule is C=C(C)COCCNC(=O)NCc1nc(C)c(C(=O)O)s1. The Balaban J connectivity index is 2.25. The van der Waals surface area contributed by atoms with Crippen LogP contribution in [0.25, 0.3) is 0 Å². The summed E-state index contributed by atoms with van der Waals surface area (Å²) in [5, 5.41) is 14.7. The zero-order valence-corrected chi connectivity index (χ0v) is 12.9. The number of nitrogens with one attached hydrogen (secondary N) is 2. The average Bonchev–Trinajstić information content (AvgIpc) is 2.77. The van der Waals surface area contributed by atoms with Crippen LogP contribution in [0.3, 0.4) is 0 Å². The molecule has 0 aliphatic rings. The molecule has 0 radical (unpaired) electrons. The molecule has 3 N–H and O–H groups in total. The number of nitrogens with zero attached hydrogens (tertiary/aromatic N) is 1. The second kappa shape index (κ2) is 8.38. The highest BCUT2D eigenvalue weighted by atomic mass is 32.1. The van der Waals surface area contributed by atoms with E-state index in [0.717, 1.165) is 16.9 Å². The Morgan fingerprint density at radius 3 is 2.71 bits per heavy atom. The Morgan fingerprint density at radius 1 is 1.43 bits per heavy atom. The van der Waals surface area contributed by atoms with Gasteiger partial charge >= 0.3 is 12.0 Å². The van der Waals surface area contributed by atoms with Gasteiger partial charge in [0.1, 0.15) is 9.88 Å². The number of carboxylic acids is 1. The quantitative estimate of drug-likeness (QED) is 0.499. The van der Waals surface area contributed by atoms with Crippen LogP contribution in [0.2, 0.25) is 0 Å². The van der Waals surface area contributed by atoms with Gasteiger partial charge in [-0.2, -0.15) is 0 Å². The molecule has 0 atom stereocenters. The average molecular weight is 313 g/mol. The summed E-state index contributed by atoms with van der Waals surface area (Å²) in [6.45, 7) is 8.64. The first-order valence-corrected chi connectivity index (χ1v) is 7.15. The van der Waals surface area contributed by atoms with Crippen LogP contribution in [0.5, 0.6) is 0 Å². The van der Waals surface area contributed by atoms with E-state index in [1.54, 1.807) is 6.92 Å². The molecule has 1 aromatic rings. The minimum absolute atomic E-state index is 0.192. The third-order valence-electron chi connectivity index (χ3n) is 2.32. The van der Waals surface area contributed by atoms with Gasteiger partial charge in [0.25, 0.3) is 0 Å². The lowest BCUT2D eigenvalue weighted by atomic mass is 10.4. The summed E-state index contributed by atoms with van der Waals surface area (Å²) in [4.78, 5) is 26.7. The van der Waals surface area contributed by atoms with E-state index in [0.29, 0.717) is 30.5 Å². The molecule has 0 unspecified atom stereocenters. The van der Waals surface area contributed by atoms with E-state index in [4.69, 9.17) is 9.84 Å². The Morgan fingerprint density at radius 2 is 2.14 bits per heavy atom. The maximum absolute atomic E-state index is 11.5. The molecule has 0 fully saturated rings. The van der Waals surface area contributed by atoms with E-state index < -0.39 is 5.97 Å². The topological polar surface area (TPSA) is 101 Å². The molecule has 0 bridgehead atoms. The standard InChI is InChI=1S/C13H19N3O4S/c1-8(2)7-20-5-4-14-13(19)15-6-10-16-9(3)11(21-10)12(17)18/h1,4-7H2,2-3H3,(H,17,18)(H2,14,15,19). The molecule has 0 saturated carbocycles. The predicted octanol–water partition coefficient (Wildman–Crippen LogP) is 1.54. The molecule has 0 saturated heterocycles. The number of urea groups is 1. The summed E-state index contributed by atoms with van der Waals surface area (Å²) in [6, 6.07) is -0.348. The molecular formula is C13H19N3O4S. The molecule has 0 aliphatic carbocycles. The van der Waals surface area contributed by atoms with Gasteiger partial charge in [-0.15, -0.1) is 11.3 Å². The molecule has 7 nitrogen and oxygen atoms in total. The minimum Gasteiger partial charge on any atom is -0.477 e. The molecule has 0 aliphatic heterocycles. The first kappa shape index (κ1) is 17.1. The van der Waals surface area contributed by atoms with Gasteiger partial charge in [0.15, 0.2) is 0 Å². The van der Waals surface area contributed by atoms with Crippen molar-refractivity contribution in [3.05, 3.63) is 27.7 Å². The fourth-order valence-electron chi connectivity index (χ4n) is 1.43. The number of carboxylic acid groups (broad SMARTS) is 1. The number of rotatable bonds is 8. The van der Waals surface area contributed by atoms with Crippen molar-refractivity contribution in [1.29, 1.82) is 0 Å². The van der Waals surface area contributed by atoms with Crippen LogP contribution in [-0.2, 0) is 11.3 Å². The first-order valence-electron chi connectivity index (χ1n) is 6.33. The lowest BCUT2D eigenvalue weighted by Crippen LogP contribution is -2.36. The number of carbonyl (C=O) groups excluding carboxylic acids is 1. The van der Waals surface area contributed by atoms with Crippen molar-refractivity contribution in [1.82, 2.24) is 15.6 Å². The highest BCUT2D eigenvalue weighted by Crippen LogP contribution is 2.17. The van der Waals surface area contributed by atoms with Gasteiger partial charge in [-0.1, -0.05) is 12.2 Å². The second-order valence-electron chi connectivity index (χ2n) is 4.45. The van der Waals surface area contributed by atoms with Crippen LogP contribution < -0.4 is 10.6 Å². The molecule has 2 amide bonds. The van der Waals surface area contributed by atoms with Crippen molar-refractivity contribution in [3.8, 4) is 0 Å². The van der Waals surface area contributed by atoms with Gasteiger partial charge in [-0.25, -0.2) is 14.6 Å². The number of amides is 2. The fourth-order valence-corrected chi connectivity index (χ4v) is 2.27. The second-order valence-corrected chi connectivity index (χ2v) is 5.53. The van der Waals surface area contributed by atoms with E-state index in [-0.39, 0.29) is 17.5 Å². The van der Waals surface area contributed by atoms with Crippen molar-refractivity contribution in [2.45, 2.75) is 20.4 Å². The Hall–Kier alpha value is -1.93. The molecule has 1 heterocycles. The van der Waals surface area contributed by atoms with E-state index in [2.05, 4.69) is 22.2 Å². The lowest BCUT2D eigenvalue weighted by Gasteiger charge is -2.07. The molecule has 1 aromatic heterocycles. The number of aromatic nitrogens is 1. The molecular weight excluding hydrogens is 294 g/mol. The zero-order valence-electron chi connectivity index (χ0n) is 12.1.